The summed E-state index contributed by atoms with van der Waals surface area (Å²) in [5, 5.41) is 5.32. The van der Waals surface area contributed by atoms with Crippen LogP contribution < -0.4 is 15.5 Å². The number of aromatic nitrogens is 3. The van der Waals surface area contributed by atoms with Crippen LogP contribution in [0.3, 0.4) is 0 Å². The maximum Gasteiger partial charge on any atom is 0.414 e. The largest absolute Gasteiger partial charge is 0.447 e. The maximum atomic E-state index is 12.9. The summed E-state index contributed by atoms with van der Waals surface area (Å²) in [6, 6.07) is 3.95. The quantitative estimate of drug-likeness (QED) is 0.355. The topological polar surface area (TPSA) is 126 Å². The summed E-state index contributed by atoms with van der Waals surface area (Å²) in [7, 11) is -1.24. The first kappa shape index (κ1) is 29.6. The molecular formula is C27H27Cl3N6O4S. The molecule has 0 unspecified atom stereocenters. The van der Waals surface area contributed by atoms with Gasteiger partial charge in [-0.15, -0.1) is 5.92 Å². The zero-order valence-corrected chi connectivity index (χ0v) is 25.2. The Kier molecular flexibility index (Phi) is 8.76. The Morgan fingerprint density at radius 2 is 2.02 bits per heavy atom. The highest BCUT2D eigenvalue weighted by Crippen LogP contribution is 2.39. The number of hydrogen-bond donors (Lipinski definition) is 2. The number of nitrogens with one attached hydrogen (secondary N) is 2. The number of imide groups is 1. The number of pyridine rings is 1. The number of nitrogens with zero attached hydrogens (tertiary/aromatic N) is 4. The van der Waals surface area contributed by atoms with Gasteiger partial charge >= 0.3 is 6.09 Å². The van der Waals surface area contributed by atoms with Crippen LogP contribution >= 0.6 is 34.8 Å². The SMILES string of the molecule is CC#Cc1ccc(C2=CCN(c3nc4c(c(NC5(COC(=O)NC(=O)C(Cl)(Cl)Cl)CCC5)n3)[S@](=O)CC4)CC2)nc1. The Balaban J connectivity index is 1.31. The third kappa shape index (κ3) is 6.78. The third-order valence-corrected chi connectivity index (χ3v) is 9.15. The second-order valence-electron chi connectivity index (χ2n) is 9.97. The fourth-order valence-corrected chi connectivity index (χ4v) is 6.31. The first-order valence-electron chi connectivity index (χ1n) is 13.0. The van der Waals surface area contributed by atoms with Crippen LogP contribution in [-0.4, -0.2) is 65.9 Å². The number of carbonyl (C=O) groups excluding carboxylic acids is 2. The zero-order chi connectivity index (χ0) is 29.2. The van der Waals surface area contributed by atoms with Crippen LogP contribution in [0.5, 0.6) is 0 Å². The van der Waals surface area contributed by atoms with Gasteiger partial charge in [-0.1, -0.05) is 46.8 Å². The van der Waals surface area contributed by atoms with Crippen molar-refractivity contribution in [3.63, 3.8) is 0 Å². The van der Waals surface area contributed by atoms with E-state index in [1.165, 1.54) is 0 Å². The third-order valence-electron chi connectivity index (χ3n) is 7.18. The summed E-state index contributed by atoms with van der Waals surface area (Å²) in [5.41, 5.74) is 3.06. The number of fused-ring (bicyclic) bond motifs is 1. The van der Waals surface area contributed by atoms with E-state index in [9.17, 15) is 13.8 Å². The van der Waals surface area contributed by atoms with E-state index in [0.717, 1.165) is 35.4 Å². The van der Waals surface area contributed by atoms with Gasteiger partial charge in [0.15, 0.2) is 0 Å². The molecule has 216 valence electrons. The lowest BCUT2D eigenvalue weighted by Gasteiger charge is -2.42. The average Bonchev–Trinajstić information content (AvgIpc) is 3.31. The lowest BCUT2D eigenvalue weighted by atomic mass is 9.77. The van der Waals surface area contributed by atoms with Gasteiger partial charge in [-0.3, -0.25) is 19.3 Å². The van der Waals surface area contributed by atoms with E-state index in [-0.39, 0.29) is 6.61 Å². The molecule has 14 heteroatoms. The summed E-state index contributed by atoms with van der Waals surface area (Å²) in [4.78, 5) is 40.7. The molecule has 10 nitrogen and oxygen atoms in total. The number of anilines is 2. The molecule has 4 heterocycles. The predicted molar refractivity (Wildman–Crippen MR) is 159 cm³/mol. The molecule has 5 rings (SSSR count). The van der Waals surface area contributed by atoms with Gasteiger partial charge in [0.1, 0.15) is 17.3 Å². The van der Waals surface area contributed by atoms with Gasteiger partial charge in [0.2, 0.25) is 5.95 Å². The standard InChI is InChI=1S/C27H27Cl3N6O4S/c1-2-4-17-5-6-19(31-15-17)18-7-12-36(13-8-18)24-32-20-9-14-41(39)21(20)22(33-24)35-26(10-3-11-26)16-40-25(38)34-23(37)27(28,29)30/h5-7,15H,3,8-14,16H2,1H3,(H,32,33,35)(H,34,37,38)/t41-/m1/s1. The average molecular weight is 638 g/mol. The zero-order valence-electron chi connectivity index (χ0n) is 22.1. The van der Waals surface area contributed by atoms with Gasteiger partial charge in [-0.05, 0) is 50.3 Å². The van der Waals surface area contributed by atoms with Crippen LogP contribution in [-0.2, 0) is 26.8 Å². The van der Waals surface area contributed by atoms with Crippen molar-refractivity contribution in [3.8, 4) is 11.8 Å². The van der Waals surface area contributed by atoms with Crippen LogP contribution in [0.25, 0.3) is 5.57 Å². The van der Waals surface area contributed by atoms with Crippen LogP contribution in [0.4, 0.5) is 16.6 Å². The predicted octanol–water partition coefficient (Wildman–Crippen LogP) is 4.16. The van der Waals surface area contributed by atoms with E-state index < -0.39 is 32.1 Å². The molecular weight excluding hydrogens is 611 g/mol. The van der Waals surface area contributed by atoms with E-state index >= 15 is 0 Å². The Hall–Kier alpha value is -2.91. The molecule has 2 N–H and O–H groups in total. The van der Waals surface area contributed by atoms with Crippen molar-refractivity contribution >= 4 is 74.9 Å². The molecule has 0 spiro atoms. The fourth-order valence-electron chi connectivity index (χ4n) is 4.86. The lowest BCUT2D eigenvalue weighted by molar-refractivity contribution is -0.119. The van der Waals surface area contributed by atoms with Crippen molar-refractivity contribution in [1.82, 2.24) is 20.3 Å². The summed E-state index contributed by atoms with van der Waals surface area (Å²) in [5.74, 6) is 6.28. The number of rotatable bonds is 6. The minimum Gasteiger partial charge on any atom is -0.447 e. The number of carbonyl (C=O) groups is 2. The molecule has 1 fully saturated rings. The highest BCUT2D eigenvalue weighted by molar-refractivity contribution is 7.85. The summed E-state index contributed by atoms with van der Waals surface area (Å²) < 4.78 is 15.9. The number of halogens is 3. The second kappa shape index (κ2) is 12.1. The number of amides is 2. The van der Waals surface area contributed by atoms with E-state index in [1.54, 1.807) is 13.1 Å². The van der Waals surface area contributed by atoms with Crippen molar-refractivity contribution in [2.45, 2.75) is 53.3 Å². The molecule has 0 radical (unpaired) electrons. The second-order valence-corrected chi connectivity index (χ2v) is 13.8. The molecule has 1 aliphatic carbocycles. The molecule has 3 aliphatic rings. The highest BCUT2D eigenvalue weighted by atomic mass is 35.6. The van der Waals surface area contributed by atoms with Crippen LogP contribution in [0.2, 0.25) is 0 Å². The fraction of sp³-hybridized carbons (Fsp3) is 0.444. The van der Waals surface area contributed by atoms with E-state index in [4.69, 9.17) is 49.5 Å². The van der Waals surface area contributed by atoms with E-state index in [0.29, 0.717) is 54.8 Å². The monoisotopic (exact) mass is 636 g/mol. The van der Waals surface area contributed by atoms with Gasteiger partial charge in [-0.25, -0.2) is 9.78 Å². The minimum absolute atomic E-state index is 0.0574. The van der Waals surface area contributed by atoms with Crippen molar-refractivity contribution in [3.05, 3.63) is 41.4 Å². The van der Waals surface area contributed by atoms with Crippen molar-refractivity contribution in [2.24, 2.45) is 0 Å². The molecule has 0 bridgehead atoms. The molecule has 2 amide bonds. The number of alkyl carbamates (subject to hydrolysis) is 1. The first-order valence-corrected chi connectivity index (χ1v) is 15.5. The van der Waals surface area contributed by atoms with Gasteiger partial charge in [0.25, 0.3) is 9.70 Å². The van der Waals surface area contributed by atoms with Crippen LogP contribution in [0.1, 0.15) is 49.6 Å². The van der Waals surface area contributed by atoms with Crippen molar-refractivity contribution in [2.75, 3.05) is 35.7 Å². The lowest BCUT2D eigenvalue weighted by Crippen LogP contribution is -2.51. The molecule has 1 saturated carbocycles. The molecule has 0 aromatic carbocycles. The smallest absolute Gasteiger partial charge is 0.414 e. The van der Waals surface area contributed by atoms with E-state index in [2.05, 4.69) is 33.1 Å². The molecule has 0 saturated heterocycles. The molecule has 1 atom stereocenters. The summed E-state index contributed by atoms with van der Waals surface area (Å²) >= 11 is 16.5. The number of ether oxygens (including phenoxy) is 1. The Morgan fingerprint density at radius 3 is 2.63 bits per heavy atom. The maximum absolute atomic E-state index is 12.9. The van der Waals surface area contributed by atoms with Crippen molar-refractivity contribution in [1.29, 1.82) is 0 Å². The summed E-state index contributed by atoms with van der Waals surface area (Å²) in [6.07, 6.45) is 6.50. The number of hydrogen-bond acceptors (Lipinski definition) is 9. The first-order chi connectivity index (χ1) is 19.6. The minimum atomic E-state index is -2.29. The highest BCUT2D eigenvalue weighted by Gasteiger charge is 2.41. The van der Waals surface area contributed by atoms with Crippen LogP contribution in [0.15, 0.2) is 29.3 Å². The Bertz CT molecular complexity index is 1480. The van der Waals surface area contributed by atoms with Gasteiger partial charge in [-0.2, -0.15) is 4.98 Å². The number of alkyl halides is 3. The van der Waals surface area contributed by atoms with E-state index in [1.807, 2.05) is 17.4 Å². The number of aryl methyl sites for hydroxylation is 1. The molecule has 2 aliphatic heterocycles. The Morgan fingerprint density at radius 1 is 1.22 bits per heavy atom. The van der Waals surface area contributed by atoms with Gasteiger partial charge in [0, 0.05) is 37.0 Å². The normalized spacial score (nSPS) is 19.2. The van der Waals surface area contributed by atoms with Gasteiger partial charge in [0.05, 0.1) is 27.7 Å². The molecule has 41 heavy (non-hydrogen) atoms. The van der Waals surface area contributed by atoms with Crippen LogP contribution in [0, 0.1) is 11.8 Å². The van der Waals surface area contributed by atoms with Gasteiger partial charge < -0.3 is 15.0 Å². The Labute approximate surface area is 255 Å². The summed E-state index contributed by atoms with van der Waals surface area (Å²) in [6.45, 7) is 3.03. The van der Waals surface area contributed by atoms with Crippen molar-refractivity contribution < 1.29 is 18.5 Å². The molecule has 2 aromatic heterocycles. The molecule has 2 aromatic rings.